The summed E-state index contributed by atoms with van der Waals surface area (Å²) in [5.74, 6) is -1.24. The van der Waals surface area contributed by atoms with Crippen LogP contribution in [0.5, 0.6) is 0 Å². The third-order valence-electron chi connectivity index (χ3n) is 2.36. The first-order chi connectivity index (χ1) is 8.49. The van der Waals surface area contributed by atoms with E-state index in [9.17, 15) is 9.59 Å². The van der Waals surface area contributed by atoms with E-state index < -0.39 is 11.5 Å². The molecule has 1 aromatic heterocycles. The lowest BCUT2D eigenvalue weighted by atomic mass is 10.1. The van der Waals surface area contributed by atoms with Gasteiger partial charge in [-0.3, -0.25) is 4.79 Å². The summed E-state index contributed by atoms with van der Waals surface area (Å²) in [4.78, 5) is 25.0. The molecule has 0 radical (unpaired) electrons. The van der Waals surface area contributed by atoms with Crippen LogP contribution in [0.25, 0.3) is 11.3 Å². The fraction of sp³-hybridized carbons (Fsp3) is 0. The number of carboxylic acid groups (broad SMARTS) is 1. The number of carboxylic acids is 1. The van der Waals surface area contributed by atoms with Crippen LogP contribution in [-0.2, 0) is 0 Å². The third kappa shape index (κ3) is 2.56. The molecule has 0 aliphatic rings. The average molecular weight is 376 g/mol. The Labute approximate surface area is 121 Å². The molecule has 2 rings (SSSR count). The molecule has 1 heterocycles. The van der Waals surface area contributed by atoms with Gasteiger partial charge in [0.05, 0.1) is 5.69 Å². The average Bonchev–Trinajstić information content (AvgIpc) is 2.32. The molecule has 0 unspecified atom stereocenters. The van der Waals surface area contributed by atoms with E-state index in [2.05, 4.69) is 4.98 Å². The molecular formula is C12H7ClINO3. The molecule has 1 aromatic carbocycles. The van der Waals surface area contributed by atoms with Gasteiger partial charge in [0.25, 0.3) is 5.56 Å². The van der Waals surface area contributed by atoms with Crippen molar-refractivity contribution in [1.29, 1.82) is 0 Å². The minimum Gasteiger partial charge on any atom is -0.477 e. The first-order valence-electron chi connectivity index (χ1n) is 4.91. The number of pyridine rings is 1. The Hall–Kier alpha value is -1.34. The van der Waals surface area contributed by atoms with Crippen molar-refractivity contribution in [3.05, 3.63) is 54.8 Å². The van der Waals surface area contributed by atoms with Crippen LogP contribution in [0.4, 0.5) is 0 Å². The lowest BCUT2D eigenvalue weighted by Crippen LogP contribution is -2.18. The highest BCUT2D eigenvalue weighted by atomic mass is 127. The van der Waals surface area contributed by atoms with Crippen LogP contribution >= 0.6 is 34.2 Å². The van der Waals surface area contributed by atoms with Crippen molar-refractivity contribution in [1.82, 2.24) is 4.98 Å². The molecule has 4 nitrogen and oxygen atoms in total. The van der Waals surface area contributed by atoms with Crippen LogP contribution < -0.4 is 5.56 Å². The van der Waals surface area contributed by atoms with E-state index in [-0.39, 0.29) is 5.56 Å². The second-order valence-corrected chi connectivity index (χ2v) is 5.15. The predicted molar refractivity (Wildman–Crippen MR) is 77.2 cm³/mol. The van der Waals surface area contributed by atoms with Crippen molar-refractivity contribution in [2.45, 2.75) is 0 Å². The van der Waals surface area contributed by atoms with E-state index in [0.717, 1.165) is 5.56 Å². The van der Waals surface area contributed by atoms with E-state index in [1.807, 2.05) is 22.6 Å². The third-order valence-corrected chi connectivity index (χ3v) is 3.46. The topological polar surface area (TPSA) is 70.2 Å². The number of hydrogen-bond donors (Lipinski definition) is 2. The van der Waals surface area contributed by atoms with Crippen molar-refractivity contribution in [2.75, 3.05) is 0 Å². The Morgan fingerprint density at radius 3 is 2.44 bits per heavy atom. The normalized spacial score (nSPS) is 10.3. The molecule has 0 saturated heterocycles. The van der Waals surface area contributed by atoms with E-state index >= 15 is 0 Å². The predicted octanol–water partition coefficient (Wildman–Crippen LogP) is 3.00. The highest BCUT2D eigenvalue weighted by Crippen LogP contribution is 2.23. The Bertz CT molecular complexity index is 664. The number of hydrogen-bond acceptors (Lipinski definition) is 2. The first-order valence-corrected chi connectivity index (χ1v) is 6.37. The summed E-state index contributed by atoms with van der Waals surface area (Å²) in [6.45, 7) is 0. The second kappa shape index (κ2) is 5.11. The van der Waals surface area contributed by atoms with Crippen molar-refractivity contribution >= 4 is 40.2 Å². The van der Waals surface area contributed by atoms with Gasteiger partial charge >= 0.3 is 5.97 Å². The first kappa shape index (κ1) is 13.1. The molecule has 0 fully saturated rings. The highest BCUT2D eigenvalue weighted by Gasteiger charge is 2.13. The lowest BCUT2D eigenvalue weighted by Gasteiger charge is -2.05. The molecule has 6 heteroatoms. The summed E-state index contributed by atoms with van der Waals surface area (Å²) in [5.41, 5.74) is 0.477. The summed E-state index contributed by atoms with van der Waals surface area (Å²) in [5, 5.41) is 9.44. The number of benzene rings is 1. The Kier molecular flexibility index (Phi) is 3.72. The number of halogens is 2. The summed E-state index contributed by atoms with van der Waals surface area (Å²) >= 11 is 7.77. The van der Waals surface area contributed by atoms with Gasteiger partial charge in [-0.15, -0.1) is 0 Å². The van der Waals surface area contributed by atoms with Crippen LogP contribution in [-0.4, -0.2) is 16.1 Å². The number of aromatic carboxylic acids is 1. The molecule has 2 aromatic rings. The fourth-order valence-electron chi connectivity index (χ4n) is 1.49. The van der Waals surface area contributed by atoms with Gasteiger partial charge in [0.1, 0.15) is 5.56 Å². The zero-order chi connectivity index (χ0) is 13.3. The van der Waals surface area contributed by atoms with Crippen LogP contribution in [0.15, 0.2) is 35.1 Å². The largest absolute Gasteiger partial charge is 0.477 e. The van der Waals surface area contributed by atoms with Crippen molar-refractivity contribution in [2.24, 2.45) is 0 Å². The summed E-state index contributed by atoms with van der Waals surface area (Å²) in [6.07, 6.45) is 0. The van der Waals surface area contributed by atoms with E-state index in [1.54, 1.807) is 24.3 Å². The molecule has 0 atom stereocenters. The maximum atomic E-state index is 11.6. The second-order valence-electron chi connectivity index (χ2n) is 3.55. The smallest absolute Gasteiger partial charge is 0.341 e. The number of H-pyrrole nitrogens is 1. The minimum absolute atomic E-state index is 0.267. The number of aromatic amines is 1. The lowest BCUT2D eigenvalue weighted by molar-refractivity contribution is 0.0695. The summed E-state index contributed by atoms with van der Waals surface area (Å²) in [7, 11) is 0. The summed E-state index contributed by atoms with van der Waals surface area (Å²) < 4.78 is 0.659. The van der Waals surface area contributed by atoms with E-state index in [4.69, 9.17) is 16.7 Å². The molecule has 0 aliphatic carbocycles. The molecule has 0 saturated carbocycles. The Morgan fingerprint density at radius 1 is 1.28 bits per heavy atom. The SMILES string of the molecule is O=C(O)c1cc(I)c(-c2ccc(Cl)cc2)[nH]c1=O. The maximum absolute atomic E-state index is 11.6. The van der Waals surface area contributed by atoms with Gasteiger partial charge in [0.2, 0.25) is 0 Å². The Balaban J connectivity index is 2.60. The molecular weight excluding hydrogens is 368 g/mol. The van der Waals surface area contributed by atoms with E-state index in [1.165, 1.54) is 6.07 Å². The molecule has 0 spiro atoms. The van der Waals surface area contributed by atoms with Gasteiger partial charge in [-0.2, -0.15) is 0 Å². The van der Waals surface area contributed by atoms with Crippen molar-refractivity contribution in [3.63, 3.8) is 0 Å². The molecule has 0 amide bonds. The minimum atomic E-state index is -1.24. The quantitative estimate of drug-likeness (QED) is 0.793. The van der Waals surface area contributed by atoms with E-state index in [0.29, 0.717) is 14.3 Å². The fourth-order valence-corrected chi connectivity index (χ4v) is 2.37. The molecule has 0 bridgehead atoms. The zero-order valence-electron chi connectivity index (χ0n) is 8.91. The van der Waals surface area contributed by atoms with Crippen LogP contribution in [0, 0.1) is 3.57 Å². The molecule has 18 heavy (non-hydrogen) atoms. The number of aromatic nitrogens is 1. The monoisotopic (exact) mass is 375 g/mol. The van der Waals surface area contributed by atoms with Crippen LogP contribution in [0.2, 0.25) is 5.02 Å². The number of nitrogens with one attached hydrogen (secondary N) is 1. The standard InChI is InChI=1S/C12H7ClINO3/c13-7-3-1-6(2-4-7)10-9(14)5-8(12(17)18)11(16)15-10/h1-5H,(H,15,16)(H,17,18). The number of rotatable bonds is 2. The van der Waals surface area contributed by atoms with Crippen LogP contribution in [0.1, 0.15) is 10.4 Å². The van der Waals surface area contributed by atoms with Gasteiger partial charge in [0, 0.05) is 8.59 Å². The van der Waals surface area contributed by atoms with Gasteiger partial charge in [0.15, 0.2) is 0 Å². The van der Waals surface area contributed by atoms with Crippen molar-refractivity contribution < 1.29 is 9.90 Å². The molecule has 2 N–H and O–H groups in total. The summed E-state index contributed by atoms with van der Waals surface area (Å²) in [6, 6.07) is 8.28. The van der Waals surface area contributed by atoms with Crippen molar-refractivity contribution in [3.8, 4) is 11.3 Å². The zero-order valence-corrected chi connectivity index (χ0v) is 11.8. The van der Waals surface area contributed by atoms with Gasteiger partial charge < -0.3 is 10.1 Å². The van der Waals surface area contributed by atoms with Crippen LogP contribution in [0.3, 0.4) is 0 Å². The molecule has 92 valence electrons. The maximum Gasteiger partial charge on any atom is 0.341 e. The highest BCUT2D eigenvalue weighted by molar-refractivity contribution is 14.1. The Morgan fingerprint density at radius 2 is 1.89 bits per heavy atom. The van der Waals surface area contributed by atoms with Gasteiger partial charge in [-0.05, 0) is 46.4 Å². The number of carbonyl (C=O) groups is 1. The van der Waals surface area contributed by atoms with Gasteiger partial charge in [-0.1, -0.05) is 23.7 Å². The van der Waals surface area contributed by atoms with Gasteiger partial charge in [-0.25, -0.2) is 4.79 Å². The molecule has 0 aliphatic heterocycles.